The Morgan fingerprint density at radius 2 is 1.95 bits per heavy atom. The number of primary amides is 1. The summed E-state index contributed by atoms with van der Waals surface area (Å²) in [5, 5.41) is 12.0. The van der Waals surface area contributed by atoms with E-state index < -0.39 is 11.5 Å². The molecule has 4 N–H and O–H groups in total. The number of aromatic nitrogens is 1. The zero-order chi connectivity index (χ0) is 15.4. The highest BCUT2D eigenvalue weighted by molar-refractivity contribution is 9.10. The van der Waals surface area contributed by atoms with E-state index in [2.05, 4.69) is 20.9 Å². The number of amides is 1. The number of H-pyrrole nitrogens is 1. The molecule has 1 amide bonds. The predicted octanol–water partition coefficient (Wildman–Crippen LogP) is 3.41. The molecule has 1 heterocycles. The Morgan fingerprint density at radius 3 is 2.57 bits per heavy atom. The van der Waals surface area contributed by atoms with Crippen molar-refractivity contribution in [3.8, 4) is 0 Å². The molecule has 2 aromatic carbocycles. The molecule has 0 unspecified atom stereocenters. The Bertz CT molecular complexity index is 875. The highest BCUT2D eigenvalue weighted by Crippen LogP contribution is 2.35. The van der Waals surface area contributed by atoms with Crippen molar-refractivity contribution >= 4 is 43.6 Å². The average molecular weight is 347 g/mol. The van der Waals surface area contributed by atoms with Gasteiger partial charge in [-0.3, -0.25) is 4.79 Å². The summed E-state index contributed by atoms with van der Waals surface area (Å²) >= 11 is 3.47. The zero-order valence-electron chi connectivity index (χ0n) is 11.7. The van der Waals surface area contributed by atoms with Gasteiger partial charge < -0.3 is 15.8 Å². The smallest absolute Gasteiger partial charge is 0.249 e. The van der Waals surface area contributed by atoms with Crippen molar-refractivity contribution < 1.29 is 9.90 Å². The first-order valence-corrected chi connectivity index (χ1v) is 7.35. The first kappa shape index (κ1) is 14.1. The molecule has 0 aliphatic heterocycles. The second-order valence-electron chi connectivity index (χ2n) is 5.66. The first-order valence-electron chi connectivity index (χ1n) is 6.55. The molecule has 0 aliphatic rings. The van der Waals surface area contributed by atoms with Crippen LogP contribution >= 0.6 is 15.9 Å². The molecule has 0 atom stereocenters. The normalized spacial score (nSPS) is 12.2. The topological polar surface area (TPSA) is 79.1 Å². The van der Waals surface area contributed by atoms with E-state index >= 15 is 0 Å². The number of carbonyl (C=O) groups is 1. The highest BCUT2D eigenvalue weighted by Gasteiger charge is 2.18. The van der Waals surface area contributed by atoms with E-state index in [1.807, 2.05) is 24.3 Å². The molecule has 4 nitrogen and oxygen atoms in total. The van der Waals surface area contributed by atoms with Crippen LogP contribution in [0.5, 0.6) is 0 Å². The summed E-state index contributed by atoms with van der Waals surface area (Å²) in [4.78, 5) is 14.8. The van der Waals surface area contributed by atoms with Gasteiger partial charge in [0.15, 0.2) is 0 Å². The SMILES string of the molecule is CC(C)(O)c1ccc2c(c1)[nH]c1ccc(C(N)=O)c(Br)c12. The molecule has 0 spiro atoms. The Labute approximate surface area is 130 Å². The summed E-state index contributed by atoms with van der Waals surface area (Å²) in [5.41, 5.74) is 7.59. The molecular weight excluding hydrogens is 332 g/mol. The number of hydrogen-bond donors (Lipinski definition) is 3. The lowest BCUT2D eigenvalue weighted by Crippen LogP contribution is -2.14. The van der Waals surface area contributed by atoms with E-state index in [4.69, 9.17) is 5.73 Å². The summed E-state index contributed by atoms with van der Waals surface area (Å²) in [6.07, 6.45) is 0. The molecule has 0 radical (unpaired) electrons. The molecule has 0 saturated carbocycles. The number of halogens is 1. The molecule has 108 valence electrons. The number of nitrogens with two attached hydrogens (primary N) is 1. The number of fused-ring (bicyclic) bond motifs is 3. The Balaban J connectivity index is 2.36. The molecule has 3 rings (SSSR count). The fourth-order valence-corrected chi connectivity index (χ4v) is 3.28. The Kier molecular flexibility index (Phi) is 3.07. The third-order valence-corrected chi connectivity index (χ3v) is 4.50. The summed E-state index contributed by atoms with van der Waals surface area (Å²) in [6, 6.07) is 9.28. The summed E-state index contributed by atoms with van der Waals surface area (Å²) in [6.45, 7) is 3.50. The van der Waals surface area contributed by atoms with Crippen molar-refractivity contribution in [3.05, 3.63) is 45.9 Å². The van der Waals surface area contributed by atoms with Gasteiger partial charge in [0, 0.05) is 26.3 Å². The van der Waals surface area contributed by atoms with Gasteiger partial charge in [-0.25, -0.2) is 0 Å². The molecule has 3 aromatic rings. The van der Waals surface area contributed by atoms with Crippen LogP contribution in [0.2, 0.25) is 0 Å². The number of aliphatic hydroxyl groups is 1. The van der Waals surface area contributed by atoms with E-state index in [1.165, 1.54) is 0 Å². The average Bonchev–Trinajstić information content (AvgIpc) is 2.75. The Morgan fingerprint density at radius 1 is 1.24 bits per heavy atom. The lowest BCUT2D eigenvalue weighted by atomic mass is 9.97. The quantitative estimate of drug-likeness (QED) is 0.664. The van der Waals surface area contributed by atoms with E-state index in [1.54, 1.807) is 19.9 Å². The predicted molar refractivity (Wildman–Crippen MR) is 87.3 cm³/mol. The van der Waals surface area contributed by atoms with Crippen LogP contribution in [0, 0.1) is 0 Å². The number of rotatable bonds is 2. The minimum atomic E-state index is -0.902. The molecule has 0 saturated heterocycles. The maximum Gasteiger partial charge on any atom is 0.249 e. The number of carbonyl (C=O) groups excluding carboxylic acids is 1. The maximum absolute atomic E-state index is 11.5. The standard InChI is InChI=1S/C16H15BrN2O2/c1-16(2,21)8-3-4-9-12(7-8)19-11-6-5-10(15(18)20)14(17)13(9)11/h3-7,19,21H,1-2H3,(H2,18,20). The lowest BCUT2D eigenvalue weighted by Gasteiger charge is -2.17. The molecule has 0 aliphatic carbocycles. The number of hydrogen-bond acceptors (Lipinski definition) is 2. The highest BCUT2D eigenvalue weighted by atomic mass is 79.9. The number of nitrogens with one attached hydrogen (secondary N) is 1. The van der Waals surface area contributed by atoms with Crippen molar-refractivity contribution in [2.24, 2.45) is 5.73 Å². The molecule has 5 heteroatoms. The van der Waals surface area contributed by atoms with Gasteiger partial charge >= 0.3 is 0 Å². The van der Waals surface area contributed by atoms with E-state index in [0.29, 0.717) is 10.0 Å². The second-order valence-corrected chi connectivity index (χ2v) is 6.45. The maximum atomic E-state index is 11.5. The summed E-state index contributed by atoms with van der Waals surface area (Å²) in [7, 11) is 0. The van der Waals surface area contributed by atoms with E-state index in [0.717, 1.165) is 27.4 Å². The van der Waals surface area contributed by atoms with Crippen molar-refractivity contribution in [3.63, 3.8) is 0 Å². The van der Waals surface area contributed by atoms with Crippen LogP contribution in [0.1, 0.15) is 29.8 Å². The fourth-order valence-electron chi connectivity index (χ4n) is 2.53. The molecule has 1 aromatic heterocycles. The van der Waals surface area contributed by atoms with Gasteiger partial charge in [-0.15, -0.1) is 0 Å². The van der Waals surface area contributed by atoms with Gasteiger partial charge in [-0.05, 0) is 53.5 Å². The number of benzene rings is 2. The van der Waals surface area contributed by atoms with Crippen molar-refractivity contribution in [1.82, 2.24) is 4.98 Å². The largest absolute Gasteiger partial charge is 0.386 e. The molecule has 21 heavy (non-hydrogen) atoms. The summed E-state index contributed by atoms with van der Waals surface area (Å²) in [5.74, 6) is -0.466. The van der Waals surface area contributed by atoms with Gasteiger partial charge in [0.05, 0.1) is 11.2 Å². The third kappa shape index (κ3) is 2.22. The van der Waals surface area contributed by atoms with Gasteiger partial charge in [-0.1, -0.05) is 12.1 Å². The zero-order valence-corrected chi connectivity index (χ0v) is 13.3. The molecular formula is C16H15BrN2O2. The van der Waals surface area contributed by atoms with Crippen LogP contribution < -0.4 is 5.73 Å². The monoisotopic (exact) mass is 346 g/mol. The van der Waals surface area contributed by atoms with E-state index in [-0.39, 0.29) is 0 Å². The minimum absolute atomic E-state index is 0.454. The van der Waals surface area contributed by atoms with Gasteiger partial charge in [0.2, 0.25) is 5.91 Å². The minimum Gasteiger partial charge on any atom is -0.386 e. The van der Waals surface area contributed by atoms with Crippen molar-refractivity contribution in [1.29, 1.82) is 0 Å². The first-order chi connectivity index (χ1) is 9.79. The van der Waals surface area contributed by atoms with E-state index in [9.17, 15) is 9.90 Å². The van der Waals surface area contributed by atoms with Gasteiger partial charge in [-0.2, -0.15) is 0 Å². The molecule has 0 fully saturated rings. The third-order valence-electron chi connectivity index (χ3n) is 3.67. The Hall–Kier alpha value is -1.85. The van der Waals surface area contributed by atoms with Gasteiger partial charge in [0.25, 0.3) is 0 Å². The fraction of sp³-hybridized carbons (Fsp3) is 0.188. The molecule has 0 bridgehead atoms. The second kappa shape index (κ2) is 4.58. The van der Waals surface area contributed by atoms with Crippen LogP contribution in [0.15, 0.2) is 34.8 Å². The summed E-state index contributed by atoms with van der Waals surface area (Å²) < 4.78 is 0.690. The van der Waals surface area contributed by atoms with Crippen molar-refractivity contribution in [2.75, 3.05) is 0 Å². The van der Waals surface area contributed by atoms with Gasteiger partial charge in [0.1, 0.15) is 0 Å². The van der Waals surface area contributed by atoms with Crippen LogP contribution in [0.4, 0.5) is 0 Å². The van der Waals surface area contributed by atoms with Crippen molar-refractivity contribution in [2.45, 2.75) is 19.4 Å². The lowest BCUT2D eigenvalue weighted by molar-refractivity contribution is 0.0787. The van der Waals surface area contributed by atoms with Crippen LogP contribution in [0.3, 0.4) is 0 Å². The number of aromatic amines is 1. The van der Waals surface area contributed by atoms with Crippen LogP contribution in [0.25, 0.3) is 21.8 Å². The van der Waals surface area contributed by atoms with Crippen LogP contribution in [-0.2, 0) is 5.60 Å². The van der Waals surface area contributed by atoms with Crippen LogP contribution in [-0.4, -0.2) is 16.0 Å².